The van der Waals surface area contributed by atoms with E-state index in [1.807, 2.05) is 0 Å². The molecule has 3 rings (SSSR count). The first kappa shape index (κ1) is 4.72. The van der Waals surface area contributed by atoms with Gasteiger partial charge in [0.25, 0.3) is 0 Å². The monoisotopic (exact) mass is 132 g/mol. The van der Waals surface area contributed by atoms with Crippen LogP contribution in [0.5, 0.6) is 0 Å². The predicted octanol–water partition coefficient (Wildman–Crippen LogP) is 1.54. The molecule has 1 heterocycles. The number of rotatable bonds is 0. The van der Waals surface area contributed by atoms with Gasteiger partial charge < -0.3 is 4.98 Å². The number of aromatic amines is 1. The van der Waals surface area contributed by atoms with E-state index in [0.29, 0.717) is 0 Å². The van der Waals surface area contributed by atoms with Gasteiger partial charge in [-0.15, -0.1) is 0 Å². The summed E-state index contributed by atoms with van der Waals surface area (Å²) < 4.78 is 0. The maximum absolute atomic E-state index is 4.19. The highest BCUT2D eigenvalue weighted by Gasteiger charge is 2.40. The second-order valence-corrected chi connectivity index (χ2v) is 3.07. The van der Waals surface area contributed by atoms with Crippen LogP contribution in [0.2, 0.25) is 0 Å². The molecule has 1 N–H and O–H groups in total. The first-order chi connectivity index (χ1) is 4.95. The third-order valence-corrected chi connectivity index (χ3v) is 2.41. The minimum atomic E-state index is 0.780. The van der Waals surface area contributed by atoms with Gasteiger partial charge in [0.1, 0.15) is 0 Å². The number of hydrogen-bond acceptors (Lipinski definition) is 1. The normalized spacial score (nSPS) is 33.2. The van der Waals surface area contributed by atoms with Crippen LogP contribution in [-0.2, 0) is 0 Å². The van der Waals surface area contributed by atoms with Crippen LogP contribution < -0.4 is 0 Å². The van der Waals surface area contributed by atoms with Crippen molar-refractivity contribution >= 4 is 6.08 Å². The molecule has 0 radical (unpaired) electrons. The molecule has 0 spiro atoms. The summed E-state index contributed by atoms with van der Waals surface area (Å²) in [6, 6.07) is 0. The Bertz CT molecular complexity index is 298. The summed E-state index contributed by atoms with van der Waals surface area (Å²) in [6.45, 7) is 0. The zero-order valence-electron chi connectivity index (χ0n) is 5.54. The van der Waals surface area contributed by atoms with Crippen molar-refractivity contribution in [3.63, 3.8) is 0 Å². The maximum atomic E-state index is 4.19. The van der Waals surface area contributed by atoms with Gasteiger partial charge in [0.15, 0.2) is 0 Å². The van der Waals surface area contributed by atoms with Crippen LogP contribution in [0.1, 0.15) is 23.7 Å². The fourth-order valence-corrected chi connectivity index (χ4v) is 1.72. The Hall–Kier alpha value is -1.05. The first-order valence-corrected chi connectivity index (χ1v) is 3.66. The van der Waals surface area contributed by atoms with Crippen LogP contribution in [0.3, 0.4) is 0 Å². The molecule has 2 aliphatic rings. The lowest BCUT2D eigenvalue weighted by atomic mass is 10.1. The summed E-state index contributed by atoms with van der Waals surface area (Å²) >= 11 is 0. The fourth-order valence-electron chi connectivity index (χ4n) is 1.72. The summed E-state index contributed by atoms with van der Waals surface area (Å²) in [5.74, 6) is 1.61. The van der Waals surface area contributed by atoms with E-state index in [4.69, 9.17) is 0 Å². The number of imidazole rings is 1. The number of aromatic nitrogens is 2. The number of nitrogens with zero attached hydrogens (tertiary/aromatic N) is 1. The third kappa shape index (κ3) is 0.429. The van der Waals surface area contributed by atoms with E-state index in [1.54, 1.807) is 6.33 Å². The average molecular weight is 132 g/mol. The second kappa shape index (κ2) is 1.34. The molecule has 1 aromatic rings. The Morgan fingerprint density at radius 3 is 3.60 bits per heavy atom. The van der Waals surface area contributed by atoms with Crippen LogP contribution >= 0.6 is 0 Å². The van der Waals surface area contributed by atoms with E-state index in [9.17, 15) is 0 Å². The van der Waals surface area contributed by atoms with E-state index in [0.717, 1.165) is 17.5 Å². The molecule has 0 saturated heterocycles. The molecule has 1 aromatic heterocycles. The Morgan fingerprint density at radius 2 is 2.60 bits per heavy atom. The molecule has 2 unspecified atom stereocenters. The highest BCUT2D eigenvalue weighted by Crippen LogP contribution is 2.51. The zero-order valence-corrected chi connectivity index (χ0v) is 5.54. The molecule has 0 bridgehead atoms. The van der Waals surface area contributed by atoms with E-state index < -0.39 is 0 Å². The fraction of sp³-hybridized carbons (Fsp3) is 0.375. The summed E-state index contributed by atoms with van der Waals surface area (Å²) in [5.41, 5.74) is 2.51. The Labute approximate surface area is 59.0 Å². The topological polar surface area (TPSA) is 28.7 Å². The number of hydrogen-bond donors (Lipinski definition) is 1. The van der Waals surface area contributed by atoms with Crippen molar-refractivity contribution < 1.29 is 0 Å². The van der Waals surface area contributed by atoms with Crippen molar-refractivity contribution in [1.82, 2.24) is 9.97 Å². The smallest absolute Gasteiger partial charge is 0.0929 e. The average Bonchev–Trinajstić information content (AvgIpc) is 2.60. The molecule has 0 amide bonds. The maximum Gasteiger partial charge on any atom is 0.0929 e. The largest absolute Gasteiger partial charge is 0.348 e. The lowest BCUT2D eigenvalue weighted by Crippen LogP contribution is -1.89. The third-order valence-electron chi connectivity index (χ3n) is 2.41. The molecule has 2 aliphatic carbocycles. The lowest BCUT2D eigenvalue weighted by Gasteiger charge is -1.99. The zero-order chi connectivity index (χ0) is 6.55. The number of fused-ring (bicyclic) bond motifs is 3. The predicted molar refractivity (Wildman–Crippen MR) is 38.5 cm³/mol. The summed E-state index contributed by atoms with van der Waals surface area (Å²) in [7, 11) is 0. The van der Waals surface area contributed by atoms with E-state index in [1.165, 1.54) is 12.1 Å². The molecule has 50 valence electrons. The molecule has 2 heteroatoms. The number of allylic oxidation sites excluding steroid dienone is 1. The van der Waals surface area contributed by atoms with Gasteiger partial charge in [-0.3, -0.25) is 0 Å². The van der Waals surface area contributed by atoms with Crippen molar-refractivity contribution in [3.8, 4) is 0 Å². The van der Waals surface area contributed by atoms with Crippen LogP contribution in [0, 0.1) is 5.92 Å². The quantitative estimate of drug-likeness (QED) is 0.570. The Balaban J connectivity index is 2.26. The summed E-state index contributed by atoms with van der Waals surface area (Å²) in [5, 5.41) is 0. The van der Waals surface area contributed by atoms with Crippen molar-refractivity contribution in [3.05, 3.63) is 23.8 Å². The second-order valence-electron chi connectivity index (χ2n) is 3.07. The summed E-state index contributed by atoms with van der Waals surface area (Å²) in [6.07, 6.45) is 7.51. The van der Waals surface area contributed by atoms with Crippen LogP contribution in [0.25, 0.3) is 6.08 Å². The van der Waals surface area contributed by atoms with Gasteiger partial charge in [-0.05, 0) is 18.4 Å². The standard InChI is InChI=1S/C8H8N2/c1-2-7-8(10-4-9-7)6-3-5(1)6/h1-2,4-6H,3H2,(H,9,10). The van der Waals surface area contributed by atoms with Crippen molar-refractivity contribution in [2.45, 2.75) is 12.3 Å². The van der Waals surface area contributed by atoms with Crippen molar-refractivity contribution in [2.75, 3.05) is 0 Å². The molecule has 10 heavy (non-hydrogen) atoms. The van der Waals surface area contributed by atoms with Crippen LogP contribution in [0.15, 0.2) is 12.4 Å². The van der Waals surface area contributed by atoms with Gasteiger partial charge >= 0.3 is 0 Å². The van der Waals surface area contributed by atoms with Gasteiger partial charge in [-0.1, -0.05) is 6.08 Å². The van der Waals surface area contributed by atoms with Gasteiger partial charge in [0, 0.05) is 11.6 Å². The van der Waals surface area contributed by atoms with Crippen molar-refractivity contribution in [1.29, 1.82) is 0 Å². The SMILES string of the molecule is C1=CC2CC2c2[nH]cnc21. The van der Waals surface area contributed by atoms with Crippen LogP contribution in [-0.4, -0.2) is 9.97 Å². The van der Waals surface area contributed by atoms with Gasteiger partial charge in [0.2, 0.25) is 0 Å². The molecule has 1 saturated carbocycles. The first-order valence-electron chi connectivity index (χ1n) is 3.66. The van der Waals surface area contributed by atoms with E-state index >= 15 is 0 Å². The molecule has 0 aromatic carbocycles. The molecule has 0 aliphatic heterocycles. The Kier molecular flexibility index (Phi) is 0.631. The minimum absolute atomic E-state index is 0.780. The van der Waals surface area contributed by atoms with E-state index in [2.05, 4.69) is 22.1 Å². The lowest BCUT2D eigenvalue weighted by molar-refractivity contribution is 0.954. The van der Waals surface area contributed by atoms with E-state index in [-0.39, 0.29) is 0 Å². The molecular weight excluding hydrogens is 124 g/mol. The molecule has 2 nitrogen and oxygen atoms in total. The summed E-state index contributed by atoms with van der Waals surface area (Å²) in [4.78, 5) is 7.38. The van der Waals surface area contributed by atoms with Gasteiger partial charge in [0.05, 0.1) is 12.0 Å². The molecule has 1 fully saturated rings. The minimum Gasteiger partial charge on any atom is -0.348 e. The highest BCUT2D eigenvalue weighted by atomic mass is 14.9. The number of H-pyrrole nitrogens is 1. The number of nitrogens with one attached hydrogen (secondary N) is 1. The highest BCUT2D eigenvalue weighted by molar-refractivity contribution is 5.55. The molecule has 2 atom stereocenters. The van der Waals surface area contributed by atoms with Gasteiger partial charge in [-0.25, -0.2) is 4.98 Å². The van der Waals surface area contributed by atoms with Crippen molar-refractivity contribution in [2.24, 2.45) is 5.92 Å². The molecular formula is C8H8N2. The van der Waals surface area contributed by atoms with Crippen LogP contribution in [0.4, 0.5) is 0 Å². The Morgan fingerprint density at radius 1 is 1.60 bits per heavy atom. The van der Waals surface area contributed by atoms with Gasteiger partial charge in [-0.2, -0.15) is 0 Å².